The molecule has 4 rings (SSSR count). The van der Waals surface area contributed by atoms with Crippen LogP contribution in [0.2, 0.25) is 0 Å². The highest BCUT2D eigenvalue weighted by Gasteiger charge is 2.78. The highest BCUT2D eigenvalue weighted by Crippen LogP contribution is 2.63. The van der Waals surface area contributed by atoms with Gasteiger partial charge in [-0.25, -0.2) is 4.79 Å². The summed E-state index contributed by atoms with van der Waals surface area (Å²) in [5.74, 6) is -1.87. The van der Waals surface area contributed by atoms with Crippen LogP contribution in [0.25, 0.3) is 0 Å². The molecule has 2 aliphatic heterocycles. The number of hydrogen-bond acceptors (Lipinski definition) is 7. The van der Waals surface area contributed by atoms with E-state index in [4.69, 9.17) is 14.2 Å². The van der Waals surface area contributed by atoms with Crippen LogP contribution in [0.4, 0.5) is 4.79 Å². The second-order valence-corrected chi connectivity index (χ2v) is 10.6. The molecular formula is C29H35NO7. The predicted octanol–water partition coefficient (Wildman–Crippen LogP) is 3.59. The fourth-order valence-electron chi connectivity index (χ4n) is 6.29. The van der Waals surface area contributed by atoms with Gasteiger partial charge >= 0.3 is 6.16 Å². The van der Waals surface area contributed by atoms with Crippen molar-refractivity contribution >= 4 is 24.1 Å². The number of fused-ring (bicyclic) bond motifs is 2. The van der Waals surface area contributed by atoms with Crippen molar-refractivity contribution in [2.45, 2.75) is 63.9 Å². The molecule has 2 heterocycles. The average Bonchev–Trinajstić information content (AvgIpc) is 3.50. The van der Waals surface area contributed by atoms with Crippen LogP contribution >= 0.6 is 0 Å². The normalized spacial score (nSPS) is 35.2. The second-order valence-electron chi connectivity index (χ2n) is 10.6. The van der Waals surface area contributed by atoms with Gasteiger partial charge in [0.15, 0.2) is 5.78 Å². The summed E-state index contributed by atoms with van der Waals surface area (Å²) in [5, 5.41) is 3.12. The van der Waals surface area contributed by atoms with Crippen molar-refractivity contribution < 1.29 is 33.4 Å². The molecule has 0 unspecified atom stereocenters. The maximum absolute atomic E-state index is 13.7. The Hall–Kier alpha value is -3.26. The van der Waals surface area contributed by atoms with E-state index in [9.17, 15) is 19.2 Å². The number of ketones is 1. The van der Waals surface area contributed by atoms with Crippen molar-refractivity contribution in [3.63, 3.8) is 0 Å². The molecule has 0 radical (unpaired) electrons. The average molecular weight is 510 g/mol. The Bertz CT molecular complexity index is 1130. The molecular weight excluding hydrogens is 474 g/mol. The fourth-order valence-corrected chi connectivity index (χ4v) is 6.29. The highest BCUT2D eigenvalue weighted by atomic mass is 16.7. The molecule has 0 spiro atoms. The zero-order valence-corrected chi connectivity index (χ0v) is 21.9. The molecule has 1 amide bonds. The number of nitrogens with one attached hydrogen (secondary N) is 1. The van der Waals surface area contributed by atoms with E-state index in [1.165, 1.54) is 13.2 Å². The van der Waals surface area contributed by atoms with Crippen molar-refractivity contribution in [2.24, 2.45) is 23.7 Å². The zero-order valence-electron chi connectivity index (χ0n) is 21.9. The third-order valence-corrected chi connectivity index (χ3v) is 8.46. The van der Waals surface area contributed by atoms with E-state index in [1.54, 1.807) is 13.8 Å². The lowest BCUT2D eigenvalue weighted by Crippen LogP contribution is -2.61. The zero-order chi connectivity index (χ0) is 27.0. The molecule has 0 bridgehead atoms. The van der Waals surface area contributed by atoms with Gasteiger partial charge in [0.05, 0.1) is 24.7 Å². The number of Topliss-reactive ketones (excluding diaryl/α,β-unsaturated/α-hetero) is 1. The van der Waals surface area contributed by atoms with Gasteiger partial charge in [-0.3, -0.25) is 14.4 Å². The Morgan fingerprint density at radius 1 is 1.24 bits per heavy atom. The number of carbonyl (C=O) groups excluding carboxylic acids is 4. The summed E-state index contributed by atoms with van der Waals surface area (Å²) < 4.78 is 17.0. The van der Waals surface area contributed by atoms with Gasteiger partial charge in [-0.2, -0.15) is 0 Å². The SMILES string of the molecule is COC(=O)O[C@@]12C(=O)N[C@@H](Cc3ccccc3)[C@@H]1[C@H](C)[C@@]1(C)O[C@H]1[C@@H]2C=CC[C@H](C)C(=O)C(C)=CC=O. The summed E-state index contributed by atoms with van der Waals surface area (Å²) in [6, 6.07) is 9.60. The number of amides is 1. The minimum Gasteiger partial charge on any atom is -0.438 e. The maximum Gasteiger partial charge on any atom is 0.509 e. The van der Waals surface area contributed by atoms with E-state index in [1.807, 2.05) is 56.3 Å². The summed E-state index contributed by atoms with van der Waals surface area (Å²) in [5.41, 5.74) is -0.528. The van der Waals surface area contributed by atoms with Crippen LogP contribution in [0.1, 0.15) is 39.7 Å². The molecule has 37 heavy (non-hydrogen) atoms. The summed E-state index contributed by atoms with van der Waals surface area (Å²) in [6.07, 6.45) is 5.28. The fraction of sp³-hybridized carbons (Fsp3) is 0.517. The number of epoxide rings is 1. The van der Waals surface area contributed by atoms with Crippen molar-refractivity contribution in [1.82, 2.24) is 5.32 Å². The number of carbonyl (C=O) groups is 4. The smallest absolute Gasteiger partial charge is 0.438 e. The van der Waals surface area contributed by atoms with Gasteiger partial charge in [-0.05, 0) is 49.8 Å². The molecule has 8 atom stereocenters. The molecule has 1 aromatic carbocycles. The maximum atomic E-state index is 13.7. The summed E-state index contributed by atoms with van der Waals surface area (Å²) >= 11 is 0. The second kappa shape index (κ2) is 10.2. The first-order valence-electron chi connectivity index (χ1n) is 12.7. The van der Waals surface area contributed by atoms with Crippen molar-refractivity contribution in [3.8, 4) is 0 Å². The molecule has 3 aliphatic rings. The molecule has 1 saturated carbocycles. The lowest BCUT2D eigenvalue weighted by molar-refractivity contribution is -0.153. The number of rotatable bonds is 9. The van der Waals surface area contributed by atoms with Crippen LogP contribution in [-0.4, -0.2) is 54.6 Å². The van der Waals surface area contributed by atoms with Gasteiger partial charge in [0.1, 0.15) is 6.29 Å². The number of aldehydes is 1. The molecule has 8 nitrogen and oxygen atoms in total. The van der Waals surface area contributed by atoms with E-state index in [0.29, 0.717) is 24.7 Å². The minimum absolute atomic E-state index is 0.0869. The molecule has 198 valence electrons. The molecule has 2 saturated heterocycles. The Morgan fingerprint density at radius 3 is 2.59 bits per heavy atom. The molecule has 0 aromatic heterocycles. The van der Waals surface area contributed by atoms with Gasteiger partial charge < -0.3 is 19.5 Å². The Balaban J connectivity index is 1.68. The Morgan fingerprint density at radius 2 is 1.95 bits per heavy atom. The minimum atomic E-state index is -1.51. The van der Waals surface area contributed by atoms with E-state index < -0.39 is 23.3 Å². The molecule has 8 heteroatoms. The number of hydrogen-bond donors (Lipinski definition) is 1. The van der Waals surface area contributed by atoms with Gasteiger partial charge in [0.2, 0.25) is 5.60 Å². The van der Waals surface area contributed by atoms with Crippen molar-refractivity contribution in [3.05, 3.63) is 59.7 Å². The van der Waals surface area contributed by atoms with Gasteiger partial charge in [0.25, 0.3) is 5.91 Å². The van der Waals surface area contributed by atoms with E-state index >= 15 is 0 Å². The molecule has 1 aliphatic carbocycles. The molecule has 3 fully saturated rings. The standard InChI is InChI=1S/C29H35NO7/c1-17(24(32)18(2)14-15-31)10-9-13-21-25-28(4,36-25)19(3)23-22(16-20-11-7-6-8-12-20)30-26(33)29(21,23)37-27(34)35-5/h6-9,11-15,17,19,21-23,25H,10,16H2,1-5H3,(H,30,33)/t17-,19-,21-,22-,23-,25-,28+,29+/m0/s1. The van der Waals surface area contributed by atoms with Crippen LogP contribution in [0.3, 0.4) is 0 Å². The number of benzene rings is 1. The predicted molar refractivity (Wildman–Crippen MR) is 135 cm³/mol. The third-order valence-electron chi connectivity index (χ3n) is 8.46. The van der Waals surface area contributed by atoms with Crippen LogP contribution < -0.4 is 5.32 Å². The topological polar surface area (TPSA) is 111 Å². The van der Waals surface area contributed by atoms with E-state index in [-0.39, 0.29) is 41.6 Å². The summed E-state index contributed by atoms with van der Waals surface area (Å²) in [4.78, 5) is 49.6. The van der Waals surface area contributed by atoms with Gasteiger partial charge in [-0.15, -0.1) is 0 Å². The highest BCUT2D eigenvalue weighted by molar-refractivity contribution is 5.99. The van der Waals surface area contributed by atoms with E-state index in [0.717, 1.165) is 5.56 Å². The first-order chi connectivity index (χ1) is 17.6. The number of methoxy groups -OCH3 is 1. The van der Waals surface area contributed by atoms with Crippen LogP contribution in [-0.2, 0) is 35.0 Å². The summed E-state index contributed by atoms with van der Waals surface area (Å²) in [6.45, 7) is 7.48. The third kappa shape index (κ3) is 4.63. The molecule has 1 aromatic rings. The largest absolute Gasteiger partial charge is 0.509 e. The Kier molecular flexibility index (Phi) is 7.42. The summed E-state index contributed by atoms with van der Waals surface area (Å²) in [7, 11) is 1.22. The van der Waals surface area contributed by atoms with Gasteiger partial charge in [-0.1, -0.05) is 56.3 Å². The molecule has 1 N–H and O–H groups in total. The number of allylic oxidation sites excluding steroid dienone is 3. The van der Waals surface area contributed by atoms with Crippen LogP contribution in [0.15, 0.2) is 54.1 Å². The van der Waals surface area contributed by atoms with Crippen molar-refractivity contribution in [2.75, 3.05) is 7.11 Å². The van der Waals surface area contributed by atoms with Gasteiger partial charge in [0, 0.05) is 17.9 Å². The Labute approximate surface area is 217 Å². The van der Waals surface area contributed by atoms with Crippen molar-refractivity contribution in [1.29, 1.82) is 0 Å². The first kappa shape index (κ1) is 26.8. The van der Waals surface area contributed by atoms with Crippen LogP contribution in [0, 0.1) is 23.7 Å². The lowest BCUT2D eigenvalue weighted by atomic mass is 9.59. The number of ether oxygens (including phenoxy) is 3. The lowest BCUT2D eigenvalue weighted by Gasteiger charge is -2.45. The van der Waals surface area contributed by atoms with E-state index in [2.05, 4.69) is 5.32 Å². The first-order valence-corrected chi connectivity index (χ1v) is 12.7. The van der Waals surface area contributed by atoms with Crippen LogP contribution in [0.5, 0.6) is 0 Å². The monoisotopic (exact) mass is 509 g/mol. The quantitative estimate of drug-likeness (QED) is 0.178.